The largest absolute Gasteiger partial charge is 0.493 e. The number of carbonyl (C=O) groups is 1. The SMILES string of the molecule is COC(=O)c1ccc(OCCC(OC)c2ccc(OC)c(OC)c2)cc1. The smallest absolute Gasteiger partial charge is 0.337 e. The Balaban J connectivity index is 1.95. The van der Waals surface area contributed by atoms with E-state index in [0.29, 0.717) is 35.8 Å². The van der Waals surface area contributed by atoms with Crippen LogP contribution in [0.4, 0.5) is 0 Å². The number of rotatable bonds is 9. The van der Waals surface area contributed by atoms with Crippen molar-refractivity contribution in [1.82, 2.24) is 0 Å². The highest BCUT2D eigenvalue weighted by Crippen LogP contribution is 2.32. The number of hydrogen-bond acceptors (Lipinski definition) is 6. The van der Waals surface area contributed by atoms with E-state index in [0.717, 1.165) is 5.56 Å². The summed E-state index contributed by atoms with van der Waals surface area (Å²) in [5, 5.41) is 0. The zero-order valence-corrected chi connectivity index (χ0v) is 15.5. The van der Waals surface area contributed by atoms with Gasteiger partial charge in [0.05, 0.1) is 39.6 Å². The summed E-state index contributed by atoms with van der Waals surface area (Å²) in [6.07, 6.45) is 0.522. The monoisotopic (exact) mass is 360 g/mol. The zero-order chi connectivity index (χ0) is 18.9. The molecule has 0 bridgehead atoms. The molecule has 140 valence electrons. The van der Waals surface area contributed by atoms with Gasteiger partial charge >= 0.3 is 5.97 Å². The van der Waals surface area contributed by atoms with Crippen LogP contribution in [-0.4, -0.2) is 41.0 Å². The first-order chi connectivity index (χ1) is 12.6. The van der Waals surface area contributed by atoms with E-state index in [-0.39, 0.29) is 12.1 Å². The van der Waals surface area contributed by atoms with Gasteiger partial charge in [0.15, 0.2) is 11.5 Å². The molecule has 6 nitrogen and oxygen atoms in total. The fourth-order valence-corrected chi connectivity index (χ4v) is 2.56. The first kappa shape index (κ1) is 19.6. The molecule has 0 aliphatic carbocycles. The Hall–Kier alpha value is -2.73. The second kappa shape index (κ2) is 9.68. The van der Waals surface area contributed by atoms with Crippen molar-refractivity contribution in [2.24, 2.45) is 0 Å². The topological polar surface area (TPSA) is 63.2 Å². The van der Waals surface area contributed by atoms with Gasteiger partial charge < -0.3 is 23.7 Å². The second-order valence-electron chi connectivity index (χ2n) is 5.49. The third kappa shape index (κ3) is 4.89. The molecule has 0 radical (unpaired) electrons. The van der Waals surface area contributed by atoms with Crippen molar-refractivity contribution in [3.05, 3.63) is 53.6 Å². The van der Waals surface area contributed by atoms with Crippen molar-refractivity contribution >= 4 is 5.97 Å². The van der Waals surface area contributed by atoms with Gasteiger partial charge in [-0.25, -0.2) is 4.79 Å². The molecule has 0 aromatic heterocycles. The molecule has 1 atom stereocenters. The molecule has 0 amide bonds. The van der Waals surface area contributed by atoms with E-state index in [1.54, 1.807) is 45.6 Å². The molecule has 0 saturated carbocycles. The molecule has 6 heteroatoms. The lowest BCUT2D eigenvalue weighted by atomic mass is 10.1. The Morgan fingerprint density at radius 3 is 2.19 bits per heavy atom. The van der Waals surface area contributed by atoms with E-state index >= 15 is 0 Å². The van der Waals surface area contributed by atoms with E-state index in [1.807, 2.05) is 18.2 Å². The number of hydrogen-bond donors (Lipinski definition) is 0. The number of ether oxygens (including phenoxy) is 5. The van der Waals surface area contributed by atoms with Crippen LogP contribution in [-0.2, 0) is 9.47 Å². The van der Waals surface area contributed by atoms with Gasteiger partial charge in [0, 0.05) is 13.5 Å². The third-order valence-corrected chi connectivity index (χ3v) is 3.99. The van der Waals surface area contributed by atoms with Gasteiger partial charge in [-0.3, -0.25) is 0 Å². The first-order valence-electron chi connectivity index (χ1n) is 8.18. The van der Waals surface area contributed by atoms with Gasteiger partial charge in [-0.05, 0) is 42.0 Å². The summed E-state index contributed by atoms with van der Waals surface area (Å²) >= 11 is 0. The zero-order valence-electron chi connectivity index (χ0n) is 15.5. The average Bonchev–Trinajstić information content (AvgIpc) is 2.70. The van der Waals surface area contributed by atoms with E-state index in [2.05, 4.69) is 4.74 Å². The predicted molar refractivity (Wildman–Crippen MR) is 97.2 cm³/mol. The summed E-state index contributed by atoms with van der Waals surface area (Å²) in [6, 6.07) is 12.5. The molecule has 1 unspecified atom stereocenters. The minimum Gasteiger partial charge on any atom is -0.493 e. The highest BCUT2D eigenvalue weighted by molar-refractivity contribution is 5.89. The maximum absolute atomic E-state index is 11.4. The van der Waals surface area contributed by atoms with Crippen molar-refractivity contribution < 1.29 is 28.5 Å². The van der Waals surface area contributed by atoms with E-state index in [9.17, 15) is 4.79 Å². The van der Waals surface area contributed by atoms with Crippen LogP contribution in [0, 0.1) is 0 Å². The van der Waals surface area contributed by atoms with Crippen LogP contribution in [0.3, 0.4) is 0 Å². The highest BCUT2D eigenvalue weighted by atomic mass is 16.5. The van der Waals surface area contributed by atoms with E-state index in [1.165, 1.54) is 7.11 Å². The Kier molecular flexibility index (Phi) is 7.29. The lowest BCUT2D eigenvalue weighted by molar-refractivity contribution is 0.0600. The Labute approximate surface area is 153 Å². The molecule has 26 heavy (non-hydrogen) atoms. The minimum absolute atomic E-state index is 0.135. The van der Waals surface area contributed by atoms with Gasteiger partial charge in [0.2, 0.25) is 0 Å². The van der Waals surface area contributed by atoms with Gasteiger partial charge in [-0.15, -0.1) is 0 Å². The molecule has 2 aromatic carbocycles. The standard InChI is InChI=1S/C20H24O6/c1-22-17(15-7-10-18(23-2)19(13-15)24-3)11-12-26-16-8-5-14(6-9-16)20(21)25-4/h5-10,13,17H,11-12H2,1-4H3. The van der Waals surface area contributed by atoms with Crippen molar-refractivity contribution in [1.29, 1.82) is 0 Å². The lowest BCUT2D eigenvalue weighted by Gasteiger charge is -2.18. The number of benzene rings is 2. The first-order valence-corrected chi connectivity index (χ1v) is 8.18. The summed E-state index contributed by atoms with van der Waals surface area (Å²) in [6.45, 7) is 0.463. The van der Waals surface area contributed by atoms with Crippen LogP contribution >= 0.6 is 0 Å². The normalized spacial score (nSPS) is 11.5. The summed E-state index contributed by atoms with van der Waals surface area (Å²) in [5.74, 6) is 1.64. The number of carbonyl (C=O) groups excluding carboxylic acids is 1. The van der Waals surface area contributed by atoms with Crippen LogP contribution < -0.4 is 14.2 Å². The van der Waals surface area contributed by atoms with Gasteiger partial charge in [-0.1, -0.05) is 6.07 Å². The Morgan fingerprint density at radius 1 is 0.923 bits per heavy atom. The quantitative estimate of drug-likeness (QED) is 0.636. The third-order valence-electron chi connectivity index (χ3n) is 3.99. The molecule has 0 saturated heterocycles. The number of esters is 1. The lowest BCUT2D eigenvalue weighted by Crippen LogP contribution is -2.08. The second-order valence-corrected chi connectivity index (χ2v) is 5.49. The van der Waals surface area contributed by atoms with Crippen molar-refractivity contribution in [2.45, 2.75) is 12.5 Å². The van der Waals surface area contributed by atoms with Gasteiger partial charge in [-0.2, -0.15) is 0 Å². The van der Waals surface area contributed by atoms with Crippen LogP contribution in [0.2, 0.25) is 0 Å². The molecule has 0 aliphatic heterocycles. The number of methoxy groups -OCH3 is 4. The molecular weight excluding hydrogens is 336 g/mol. The Morgan fingerprint density at radius 2 is 1.62 bits per heavy atom. The molecule has 0 fully saturated rings. The minimum atomic E-state index is -0.371. The Bertz CT molecular complexity index is 711. The average molecular weight is 360 g/mol. The summed E-state index contributed by atoms with van der Waals surface area (Å²) in [5.41, 5.74) is 1.47. The highest BCUT2D eigenvalue weighted by Gasteiger charge is 2.14. The molecule has 0 heterocycles. The molecule has 2 rings (SSSR count). The van der Waals surface area contributed by atoms with E-state index in [4.69, 9.17) is 18.9 Å². The summed E-state index contributed by atoms with van der Waals surface area (Å²) < 4.78 is 26.6. The maximum atomic E-state index is 11.4. The van der Waals surface area contributed by atoms with Crippen LogP contribution in [0.1, 0.15) is 28.4 Å². The molecule has 0 N–H and O–H groups in total. The van der Waals surface area contributed by atoms with Crippen molar-refractivity contribution in [3.63, 3.8) is 0 Å². The fourth-order valence-electron chi connectivity index (χ4n) is 2.56. The summed E-state index contributed by atoms with van der Waals surface area (Å²) in [4.78, 5) is 11.4. The summed E-state index contributed by atoms with van der Waals surface area (Å²) in [7, 11) is 6.22. The molecular formula is C20H24O6. The molecule has 2 aromatic rings. The van der Waals surface area contributed by atoms with Crippen LogP contribution in [0.25, 0.3) is 0 Å². The van der Waals surface area contributed by atoms with E-state index < -0.39 is 0 Å². The predicted octanol–water partition coefficient (Wildman–Crippen LogP) is 3.65. The van der Waals surface area contributed by atoms with Crippen LogP contribution in [0.5, 0.6) is 17.2 Å². The van der Waals surface area contributed by atoms with Gasteiger partial charge in [0.1, 0.15) is 5.75 Å². The van der Waals surface area contributed by atoms with Crippen LogP contribution in [0.15, 0.2) is 42.5 Å². The van der Waals surface area contributed by atoms with Gasteiger partial charge in [0.25, 0.3) is 0 Å². The molecule has 0 aliphatic rings. The maximum Gasteiger partial charge on any atom is 0.337 e. The van der Waals surface area contributed by atoms with Crippen molar-refractivity contribution in [2.75, 3.05) is 35.0 Å². The molecule has 0 spiro atoms. The van der Waals surface area contributed by atoms with Crippen molar-refractivity contribution in [3.8, 4) is 17.2 Å². The fraction of sp³-hybridized carbons (Fsp3) is 0.350.